The number of benzene rings is 2. The minimum Gasteiger partial charge on any atom is -0.772 e. The van der Waals surface area contributed by atoms with Gasteiger partial charge in [-0.05, 0) is 59.2 Å². The summed E-state index contributed by atoms with van der Waals surface area (Å²) >= 11 is 2.92. The zero-order chi connectivity index (χ0) is 36.8. The summed E-state index contributed by atoms with van der Waals surface area (Å²) in [6.45, 7) is 1.29. The average Bonchev–Trinajstić information content (AvgIpc) is 3.47. The number of hydrogen-bond donors (Lipinski definition) is 2. The third-order valence-electron chi connectivity index (χ3n) is 7.93. The van der Waals surface area contributed by atoms with E-state index in [0.29, 0.717) is 5.75 Å². The van der Waals surface area contributed by atoms with Gasteiger partial charge in [-0.1, -0.05) is 49.7 Å². The van der Waals surface area contributed by atoms with Crippen LogP contribution in [0.2, 0.25) is 5.02 Å². The molecule has 49 heavy (non-hydrogen) atoms. The highest BCUT2D eigenvalue weighted by atomic mass is 35.5. The molecule has 18 heteroatoms. The first-order chi connectivity index (χ1) is 22.8. The van der Waals surface area contributed by atoms with Crippen molar-refractivity contribution < 1.29 is 59.4 Å². The van der Waals surface area contributed by atoms with Gasteiger partial charge in [0.2, 0.25) is 11.8 Å². The molecule has 0 aromatic heterocycles. The molecule has 1 saturated heterocycles. The van der Waals surface area contributed by atoms with Crippen molar-refractivity contribution in [2.45, 2.75) is 55.7 Å². The van der Waals surface area contributed by atoms with E-state index in [1.807, 2.05) is 10.6 Å². The number of likely N-dealkylation sites (tertiary alicyclic amines) is 1. The number of carbonyl (C=O) groups excluding carboxylic acids is 4. The number of nitrogens with zero attached hydrogens (tertiary/aromatic N) is 1. The van der Waals surface area contributed by atoms with Crippen LogP contribution in [0.5, 0.6) is 5.75 Å². The van der Waals surface area contributed by atoms with Gasteiger partial charge in [0.25, 0.3) is 11.7 Å². The minimum absolute atomic E-state index is 0.0997. The fraction of sp³-hybridized carbons (Fsp3) is 0.484. The number of halogens is 6. The van der Waals surface area contributed by atoms with Gasteiger partial charge in [-0.2, -0.15) is 22.0 Å². The summed E-state index contributed by atoms with van der Waals surface area (Å²) in [4.78, 5) is 53.3. The van der Waals surface area contributed by atoms with Crippen LogP contribution < -0.4 is 15.4 Å². The summed E-state index contributed by atoms with van der Waals surface area (Å²) < 4.78 is 106. The van der Waals surface area contributed by atoms with Crippen LogP contribution in [0.25, 0.3) is 0 Å². The van der Waals surface area contributed by atoms with Crippen LogP contribution in [0, 0.1) is 11.8 Å². The van der Waals surface area contributed by atoms with Gasteiger partial charge in [0, 0.05) is 24.2 Å². The lowest BCUT2D eigenvalue weighted by Crippen LogP contribution is -2.58. The Bertz CT molecular complexity index is 1550. The van der Waals surface area contributed by atoms with Gasteiger partial charge in [0.1, 0.15) is 17.8 Å². The SMILES string of the molecule is COC[C@H](NC(=O)C(F)(F)c1cccc(Cl)c1)C(=O)N1C[C@H](C(c2ccc(OC)cc2)S(=O)[O-])C[C@H]1C(=O)N[C@H](C(=O)C(F)(F)F)C(C)C. The fourth-order valence-electron chi connectivity index (χ4n) is 5.48. The number of alkyl halides is 5. The van der Waals surface area contributed by atoms with Gasteiger partial charge >= 0.3 is 12.1 Å². The normalized spacial score (nSPS) is 19.1. The van der Waals surface area contributed by atoms with Gasteiger partial charge in [-0.3, -0.25) is 23.4 Å². The summed E-state index contributed by atoms with van der Waals surface area (Å²) in [5, 5.41) is 2.47. The number of rotatable bonds is 14. The second kappa shape index (κ2) is 16.4. The van der Waals surface area contributed by atoms with Crippen molar-refractivity contribution in [2.75, 3.05) is 27.4 Å². The molecule has 2 N–H and O–H groups in total. The number of ether oxygens (including phenoxy) is 2. The molecule has 270 valence electrons. The molecule has 2 aromatic carbocycles. The van der Waals surface area contributed by atoms with Crippen molar-refractivity contribution in [3.05, 3.63) is 64.7 Å². The summed E-state index contributed by atoms with van der Waals surface area (Å²) in [6.07, 6.45) is -5.75. The van der Waals surface area contributed by atoms with Crippen LogP contribution in [0.1, 0.15) is 36.6 Å². The van der Waals surface area contributed by atoms with E-state index in [0.717, 1.165) is 24.1 Å². The quantitative estimate of drug-likeness (QED) is 0.220. The van der Waals surface area contributed by atoms with Crippen molar-refractivity contribution in [2.24, 2.45) is 11.8 Å². The number of ketones is 1. The van der Waals surface area contributed by atoms with Crippen molar-refractivity contribution >= 4 is 46.2 Å². The second-order valence-electron chi connectivity index (χ2n) is 11.6. The van der Waals surface area contributed by atoms with E-state index in [4.69, 9.17) is 21.1 Å². The Hall–Kier alpha value is -3.67. The van der Waals surface area contributed by atoms with Crippen molar-refractivity contribution in [3.8, 4) is 5.75 Å². The van der Waals surface area contributed by atoms with Crippen LogP contribution >= 0.6 is 11.6 Å². The van der Waals surface area contributed by atoms with E-state index in [1.54, 1.807) is 0 Å². The van der Waals surface area contributed by atoms with Crippen LogP contribution in [-0.2, 0) is 40.9 Å². The Morgan fingerprint density at radius 2 is 1.67 bits per heavy atom. The topological polar surface area (TPSA) is 154 Å². The maximum Gasteiger partial charge on any atom is 0.452 e. The maximum atomic E-state index is 15.2. The zero-order valence-corrected chi connectivity index (χ0v) is 28.2. The van der Waals surface area contributed by atoms with E-state index in [9.17, 15) is 41.1 Å². The molecule has 2 unspecified atom stereocenters. The van der Waals surface area contributed by atoms with Gasteiger partial charge in [0.05, 0.1) is 25.0 Å². The number of nitrogens with one attached hydrogen (secondary N) is 2. The number of hydrogen-bond acceptors (Lipinski definition) is 8. The Balaban J connectivity index is 2.01. The Morgan fingerprint density at radius 3 is 2.18 bits per heavy atom. The largest absolute Gasteiger partial charge is 0.772 e. The predicted octanol–water partition coefficient (Wildman–Crippen LogP) is 3.68. The molecule has 0 radical (unpaired) electrons. The van der Waals surface area contributed by atoms with Crippen LogP contribution in [0.4, 0.5) is 22.0 Å². The van der Waals surface area contributed by atoms with Gasteiger partial charge in [-0.25, -0.2) is 0 Å². The first kappa shape index (κ1) is 39.8. The average molecular weight is 739 g/mol. The number of methoxy groups -OCH3 is 2. The summed E-state index contributed by atoms with van der Waals surface area (Å²) in [5.41, 5.74) is -0.572. The highest BCUT2D eigenvalue weighted by Gasteiger charge is 2.50. The minimum atomic E-state index is -5.32. The van der Waals surface area contributed by atoms with Crippen LogP contribution in [-0.4, -0.2) is 88.8 Å². The van der Waals surface area contributed by atoms with Crippen molar-refractivity contribution in [3.63, 3.8) is 0 Å². The Morgan fingerprint density at radius 1 is 1.04 bits per heavy atom. The van der Waals surface area contributed by atoms with E-state index >= 15 is 8.78 Å². The molecule has 3 amide bonds. The first-order valence-corrected chi connectivity index (χ1v) is 16.2. The van der Waals surface area contributed by atoms with Gasteiger partial charge in [0.15, 0.2) is 0 Å². The molecule has 11 nitrogen and oxygen atoms in total. The maximum absolute atomic E-state index is 15.2. The third-order valence-corrected chi connectivity index (χ3v) is 9.24. The molecule has 6 atom stereocenters. The Labute approximate surface area is 286 Å². The van der Waals surface area contributed by atoms with Gasteiger partial charge in [-0.15, -0.1) is 0 Å². The summed E-state index contributed by atoms with van der Waals surface area (Å²) in [5.74, 6) is -12.5. The molecule has 1 heterocycles. The Kier molecular flexibility index (Phi) is 13.3. The number of Topliss-reactive ketones (excluding diaryl/α,β-unsaturated/α-hetero) is 1. The molecule has 1 aliphatic heterocycles. The molecule has 3 rings (SSSR count). The van der Waals surface area contributed by atoms with E-state index in [2.05, 4.69) is 0 Å². The predicted molar refractivity (Wildman–Crippen MR) is 165 cm³/mol. The van der Waals surface area contributed by atoms with Crippen LogP contribution in [0.3, 0.4) is 0 Å². The lowest BCUT2D eigenvalue weighted by Gasteiger charge is -2.31. The first-order valence-electron chi connectivity index (χ1n) is 14.7. The zero-order valence-electron chi connectivity index (χ0n) is 26.6. The molecule has 1 fully saturated rings. The molecule has 0 bridgehead atoms. The number of amides is 3. The lowest BCUT2D eigenvalue weighted by atomic mass is 9.95. The molecule has 0 spiro atoms. The molecular formula is C31H34ClF5N3O8S-. The van der Waals surface area contributed by atoms with E-state index < -0.39 is 107 Å². The molecule has 0 saturated carbocycles. The third kappa shape index (κ3) is 9.52. The van der Waals surface area contributed by atoms with E-state index in [1.165, 1.54) is 57.4 Å². The molecular weight excluding hydrogens is 705 g/mol. The van der Waals surface area contributed by atoms with Crippen LogP contribution in [0.15, 0.2) is 48.5 Å². The number of carbonyl (C=O) groups is 4. The highest BCUT2D eigenvalue weighted by Crippen LogP contribution is 2.38. The van der Waals surface area contributed by atoms with Crippen molar-refractivity contribution in [1.82, 2.24) is 15.5 Å². The summed E-state index contributed by atoms with van der Waals surface area (Å²) in [6, 6.07) is 4.43. The van der Waals surface area contributed by atoms with Gasteiger partial charge < -0.3 is 29.6 Å². The smallest absolute Gasteiger partial charge is 0.452 e. The summed E-state index contributed by atoms with van der Waals surface area (Å²) in [7, 11) is 2.48. The fourth-order valence-corrected chi connectivity index (χ4v) is 6.56. The molecule has 1 aliphatic rings. The highest BCUT2D eigenvalue weighted by molar-refractivity contribution is 7.79. The second-order valence-corrected chi connectivity index (χ2v) is 13.1. The standard InChI is InChI=1S/C31H35ClF5N3O8S/c1-16(2)24(26(41)31(35,36)37)39-27(42)23-12-18(25(49(45)46)17-8-10-21(48-4)11-9-17)14-40(23)28(43)22(15-47-3)38-29(44)30(33,34)19-6-5-7-20(32)13-19/h5-11,13,16,18,22-25H,12,14-15H2,1-4H3,(H,38,44)(H,39,42)(H,45,46)/p-1/t18-,22+,23+,24+,25?/m1/s1. The van der Waals surface area contributed by atoms with Crippen molar-refractivity contribution in [1.29, 1.82) is 0 Å². The lowest BCUT2D eigenvalue weighted by molar-refractivity contribution is -0.175. The van der Waals surface area contributed by atoms with E-state index in [-0.39, 0.29) is 10.6 Å². The monoisotopic (exact) mass is 738 g/mol. The molecule has 2 aromatic rings. The molecule has 0 aliphatic carbocycles.